The molecule has 8 nitrogen and oxygen atoms in total. The summed E-state index contributed by atoms with van der Waals surface area (Å²) in [6.45, 7) is 4.39. The highest BCUT2D eigenvalue weighted by molar-refractivity contribution is 6.43. The molecule has 2 aromatic carbocycles. The minimum Gasteiger partial charge on any atom is -0.507 e. The summed E-state index contributed by atoms with van der Waals surface area (Å²) in [5.41, 5.74) is 4.29. The van der Waals surface area contributed by atoms with Gasteiger partial charge in [0.05, 0.1) is 17.9 Å². The number of unbranched alkanes of at least 4 members (excludes halogenated alkanes) is 2. The van der Waals surface area contributed by atoms with Gasteiger partial charge in [-0.05, 0) is 80.8 Å². The van der Waals surface area contributed by atoms with Crippen LogP contribution in [0.15, 0.2) is 53.1 Å². The number of hydrogen-bond acceptors (Lipinski definition) is 6. The lowest BCUT2D eigenvalue weighted by Gasteiger charge is -2.42. The molecule has 2 heterocycles. The van der Waals surface area contributed by atoms with Crippen molar-refractivity contribution < 1.29 is 34.3 Å². The van der Waals surface area contributed by atoms with E-state index in [1.165, 1.54) is 4.90 Å². The first-order valence-corrected chi connectivity index (χ1v) is 14.6. The molecule has 1 aliphatic carbocycles. The van der Waals surface area contributed by atoms with Gasteiger partial charge < -0.3 is 19.9 Å². The van der Waals surface area contributed by atoms with E-state index in [1.807, 2.05) is 37.3 Å². The Bertz CT molecular complexity index is 1420. The van der Waals surface area contributed by atoms with Gasteiger partial charge in [-0.15, -0.1) is 0 Å². The van der Waals surface area contributed by atoms with E-state index in [0.717, 1.165) is 39.5 Å². The molecule has 216 valence electrons. The molecule has 2 saturated heterocycles. The molecule has 0 unspecified atom stereocenters. The number of benzene rings is 2. The first-order chi connectivity index (χ1) is 19.7. The molecule has 0 aromatic heterocycles. The number of imide groups is 1. The fourth-order valence-corrected chi connectivity index (χ4v) is 7.06. The smallest absolute Gasteiger partial charge is 0.455 e. The van der Waals surface area contributed by atoms with E-state index < -0.39 is 24.9 Å². The molecular formula is C32H38BNO7. The Morgan fingerprint density at radius 2 is 1.80 bits per heavy atom. The number of amides is 2. The van der Waals surface area contributed by atoms with Crippen LogP contribution in [0.5, 0.6) is 5.75 Å². The van der Waals surface area contributed by atoms with Crippen LogP contribution in [0.1, 0.15) is 64.4 Å². The Labute approximate surface area is 240 Å². The van der Waals surface area contributed by atoms with Crippen LogP contribution in [-0.4, -0.2) is 57.7 Å². The lowest BCUT2D eigenvalue weighted by atomic mass is 9.59. The van der Waals surface area contributed by atoms with Gasteiger partial charge in [0.25, 0.3) is 0 Å². The molecule has 4 atom stereocenters. The lowest BCUT2D eigenvalue weighted by molar-refractivity contribution is -0.141. The second kappa shape index (κ2) is 12.2. The first-order valence-electron chi connectivity index (χ1n) is 14.6. The minimum absolute atomic E-state index is 0.0845. The standard InChI is InChI=1S/C32H38BNO7/c1-19(16-21-12-13-26(35)23-9-6-5-8-22(21)23)11-14-27-29-20(2)17-24-30(25(29)18-33(40)41-27)32(39)34(31(24)38)15-7-3-4-10-28(36)37/h5-6,8-9,12-13,16,24-25,27,30,35,40H,3-4,7,10-11,14-15,17-18H2,1-2H3,(H,36,37)/b19-16+/t24-,25+,27-,30-/m1/s1. The fraction of sp³-hybridized carbons (Fsp3) is 0.469. The predicted molar refractivity (Wildman–Crippen MR) is 157 cm³/mol. The van der Waals surface area contributed by atoms with Gasteiger partial charge in [0.2, 0.25) is 11.8 Å². The van der Waals surface area contributed by atoms with Gasteiger partial charge in [0.15, 0.2) is 0 Å². The lowest BCUT2D eigenvalue weighted by Crippen LogP contribution is -2.46. The predicted octanol–water partition coefficient (Wildman–Crippen LogP) is 5.19. The molecular weight excluding hydrogens is 521 g/mol. The number of hydrogen-bond donors (Lipinski definition) is 3. The van der Waals surface area contributed by atoms with Crippen LogP contribution in [-0.2, 0) is 19.0 Å². The normalized spacial score (nSPS) is 24.7. The molecule has 3 aliphatic rings. The molecule has 2 amide bonds. The highest BCUT2D eigenvalue weighted by Gasteiger charge is 2.56. The van der Waals surface area contributed by atoms with Crippen LogP contribution in [0, 0.1) is 17.8 Å². The summed E-state index contributed by atoms with van der Waals surface area (Å²) in [4.78, 5) is 39.0. The quantitative estimate of drug-likeness (QED) is 0.158. The number of allylic oxidation sites excluding steroid dienone is 2. The Morgan fingerprint density at radius 3 is 2.56 bits per heavy atom. The van der Waals surface area contributed by atoms with Gasteiger partial charge >= 0.3 is 13.1 Å². The number of phenols is 1. The van der Waals surface area contributed by atoms with Crippen LogP contribution in [0.2, 0.25) is 6.32 Å². The number of fused-ring (bicyclic) bond motifs is 4. The summed E-state index contributed by atoms with van der Waals surface area (Å²) >= 11 is 0. The number of rotatable bonds is 10. The van der Waals surface area contributed by atoms with E-state index in [2.05, 4.69) is 13.0 Å². The van der Waals surface area contributed by atoms with Gasteiger partial charge in [-0.1, -0.05) is 54.0 Å². The topological polar surface area (TPSA) is 124 Å². The van der Waals surface area contributed by atoms with Crippen LogP contribution in [0.3, 0.4) is 0 Å². The molecule has 0 spiro atoms. The third-order valence-electron chi connectivity index (χ3n) is 8.95. The summed E-state index contributed by atoms with van der Waals surface area (Å²) < 4.78 is 6.04. The Hall–Kier alpha value is -3.43. The molecule has 2 fully saturated rings. The third kappa shape index (κ3) is 5.97. The minimum atomic E-state index is -1.00. The van der Waals surface area contributed by atoms with Crippen LogP contribution >= 0.6 is 0 Å². The van der Waals surface area contributed by atoms with Crippen molar-refractivity contribution >= 4 is 41.8 Å². The summed E-state index contributed by atoms with van der Waals surface area (Å²) in [5, 5.41) is 31.5. The number of likely N-dealkylation sites (tertiary alicyclic amines) is 1. The Balaban J connectivity index is 1.29. The SMILES string of the molecule is CC1=C2[C@@H](CC/C(C)=C/c3ccc(O)c4ccccc34)OB(O)C[C@@H]2[C@@H]2C(=O)N(CCCCCC(=O)O)C(=O)[C@@H]2C1. The van der Waals surface area contributed by atoms with E-state index >= 15 is 0 Å². The van der Waals surface area contributed by atoms with Crippen molar-refractivity contribution in [1.29, 1.82) is 0 Å². The number of carbonyl (C=O) groups excluding carboxylic acids is 2. The number of carboxylic acid groups (broad SMARTS) is 1. The van der Waals surface area contributed by atoms with Crippen LogP contribution < -0.4 is 0 Å². The number of nitrogens with zero attached hydrogens (tertiary/aromatic N) is 1. The van der Waals surface area contributed by atoms with Crippen molar-refractivity contribution in [3.05, 3.63) is 58.7 Å². The fourth-order valence-electron chi connectivity index (χ4n) is 7.06. The van der Waals surface area contributed by atoms with Crippen molar-refractivity contribution in [3.63, 3.8) is 0 Å². The first kappa shape index (κ1) is 29.1. The zero-order valence-electron chi connectivity index (χ0n) is 23.7. The van der Waals surface area contributed by atoms with Gasteiger partial charge in [-0.2, -0.15) is 0 Å². The molecule has 0 saturated carbocycles. The maximum atomic E-state index is 13.5. The van der Waals surface area contributed by atoms with Gasteiger partial charge in [0, 0.05) is 18.4 Å². The number of carbonyl (C=O) groups is 3. The second-order valence-corrected chi connectivity index (χ2v) is 11.8. The van der Waals surface area contributed by atoms with Crippen molar-refractivity contribution in [2.45, 2.75) is 71.2 Å². The monoisotopic (exact) mass is 559 g/mol. The number of carboxylic acids is 1. The largest absolute Gasteiger partial charge is 0.507 e. The second-order valence-electron chi connectivity index (χ2n) is 11.8. The van der Waals surface area contributed by atoms with E-state index in [4.69, 9.17) is 9.76 Å². The van der Waals surface area contributed by atoms with Gasteiger partial charge in [0.1, 0.15) is 5.75 Å². The van der Waals surface area contributed by atoms with Crippen molar-refractivity contribution in [2.24, 2.45) is 17.8 Å². The Kier molecular flexibility index (Phi) is 8.66. The Morgan fingerprint density at radius 1 is 1.05 bits per heavy atom. The molecule has 5 rings (SSSR count). The molecule has 2 aromatic rings. The molecule has 3 N–H and O–H groups in total. The average Bonchev–Trinajstić information content (AvgIpc) is 3.17. The van der Waals surface area contributed by atoms with Crippen molar-refractivity contribution in [3.8, 4) is 5.75 Å². The van der Waals surface area contributed by atoms with Crippen molar-refractivity contribution in [2.75, 3.05) is 6.54 Å². The number of phenolic OH excluding ortho intramolecular Hbond substituents is 1. The summed E-state index contributed by atoms with van der Waals surface area (Å²) in [7, 11) is -1.00. The highest BCUT2D eigenvalue weighted by atomic mass is 16.5. The average molecular weight is 559 g/mol. The summed E-state index contributed by atoms with van der Waals surface area (Å²) in [6, 6.07) is 11.4. The zero-order valence-corrected chi connectivity index (χ0v) is 23.7. The number of aromatic hydroxyl groups is 1. The molecule has 9 heteroatoms. The van der Waals surface area contributed by atoms with Crippen molar-refractivity contribution in [1.82, 2.24) is 4.90 Å². The molecule has 41 heavy (non-hydrogen) atoms. The summed E-state index contributed by atoms with van der Waals surface area (Å²) in [6.07, 6.45) is 5.80. The van der Waals surface area contributed by atoms with E-state index in [9.17, 15) is 24.5 Å². The summed E-state index contributed by atoms with van der Waals surface area (Å²) in [5.74, 6) is -2.04. The molecule has 2 aliphatic heterocycles. The van der Waals surface area contributed by atoms with Gasteiger partial charge in [-0.25, -0.2) is 0 Å². The van der Waals surface area contributed by atoms with E-state index in [-0.39, 0.29) is 36.0 Å². The van der Waals surface area contributed by atoms with Crippen LogP contribution in [0.4, 0.5) is 0 Å². The maximum Gasteiger partial charge on any atom is 0.455 e. The highest BCUT2D eigenvalue weighted by Crippen LogP contribution is 2.50. The zero-order chi connectivity index (χ0) is 29.3. The number of aliphatic carboxylic acids is 1. The maximum absolute atomic E-state index is 13.5. The molecule has 0 bridgehead atoms. The van der Waals surface area contributed by atoms with Gasteiger partial charge in [-0.3, -0.25) is 19.3 Å². The van der Waals surface area contributed by atoms with Crippen LogP contribution in [0.25, 0.3) is 16.8 Å². The van der Waals surface area contributed by atoms with E-state index in [0.29, 0.717) is 45.0 Å². The molecule has 0 radical (unpaired) electrons. The third-order valence-corrected chi connectivity index (χ3v) is 8.95. The van der Waals surface area contributed by atoms with E-state index in [1.54, 1.807) is 6.07 Å².